The van der Waals surface area contributed by atoms with Gasteiger partial charge in [-0.1, -0.05) is 17.7 Å². The van der Waals surface area contributed by atoms with E-state index in [0.717, 1.165) is 9.87 Å². The lowest BCUT2D eigenvalue weighted by atomic mass is 10.2. The molecule has 0 spiro atoms. The molecule has 0 fully saturated rings. The number of carbonyl (C=O) groups is 1. The summed E-state index contributed by atoms with van der Waals surface area (Å²) in [5, 5.41) is 2.45. The van der Waals surface area contributed by atoms with Crippen LogP contribution in [0.1, 0.15) is 11.3 Å². The van der Waals surface area contributed by atoms with Gasteiger partial charge in [0.25, 0.3) is 15.6 Å². The number of H-pyrrole nitrogens is 1. The van der Waals surface area contributed by atoms with Gasteiger partial charge in [-0.2, -0.15) is 4.68 Å². The van der Waals surface area contributed by atoms with E-state index in [2.05, 4.69) is 5.10 Å². The molecule has 0 unspecified atom stereocenters. The van der Waals surface area contributed by atoms with Crippen LogP contribution in [-0.4, -0.2) is 31.3 Å². The van der Waals surface area contributed by atoms with Crippen LogP contribution in [0, 0.1) is 13.8 Å². The summed E-state index contributed by atoms with van der Waals surface area (Å²) in [6.07, 6.45) is 0. The molecule has 0 atom stereocenters. The maximum absolute atomic E-state index is 12.6. The zero-order valence-electron chi connectivity index (χ0n) is 12.3. The molecule has 22 heavy (non-hydrogen) atoms. The van der Waals surface area contributed by atoms with Gasteiger partial charge >= 0.3 is 6.03 Å². The predicted octanol–water partition coefficient (Wildman–Crippen LogP) is 0.545. The third kappa shape index (κ3) is 2.50. The standard InChI is InChI=1S/C13H16N4O4S/c1-8-4-6-10(7-5-8)22(20,21)16(3)11-9(2)15-17(12(11)18)13(14)19/h4-7,15H,1-3H3,(H2,14,19). The molecular weight excluding hydrogens is 308 g/mol. The molecule has 0 saturated heterocycles. The maximum Gasteiger partial charge on any atom is 0.341 e. The second-order valence-corrected chi connectivity index (χ2v) is 6.82. The number of nitrogens with two attached hydrogens (primary N) is 1. The monoisotopic (exact) mass is 324 g/mol. The van der Waals surface area contributed by atoms with Gasteiger partial charge in [0.2, 0.25) is 0 Å². The van der Waals surface area contributed by atoms with Crippen molar-refractivity contribution in [3.8, 4) is 0 Å². The normalized spacial score (nSPS) is 11.4. The Kier molecular flexibility index (Phi) is 3.84. The number of nitrogens with one attached hydrogen (secondary N) is 1. The first-order valence-corrected chi connectivity index (χ1v) is 7.77. The first kappa shape index (κ1) is 15.8. The SMILES string of the molecule is Cc1ccc(S(=O)(=O)N(C)c2c(C)[nH]n(C(N)=O)c2=O)cc1. The Morgan fingerprint density at radius 3 is 2.23 bits per heavy atom. The summed E-state index contributed by atoms with van der Waals surface area (Å²) in [7, 11) is -2.67. The summed E-state index contributed by atoms with van der Waals surface area (Å²) in [5.74, 6) is 0. The Morgan fingerprint density at radius 1 is 1.23 bits per heavy atom. The topological polar surface area (TPSA) is 118 Å². The van der Waals surface area contributed by atoms with Crippen LogP contribution >= 0.6 is 0 Å². The van der Waals surface area contributed by atoms with Crippen LogP contribution in [0.5, 0.6) is 0 Å². The van der Waals surface area contributed by atoms with E-state index in [0.29, 0.717) is 4.68 Å². The van der Waals surface area contributed by atoms with Crippen molar-refractivity contribution in [1.29, 1.82) is 0 Å². The Morgan fingerprint density at radius 2 is 1.77 bits per heavy atom. The second kappa shape index (κ2) is 5.34. The van der Waals surface area contributed by atoms with E-state index in [9.17, 15) is 18.0 Å². The van der Waals surface area contributed by atoms with Crippen LogP contribution in [0.3, 0.4) is 0 Å². The van der Waals surface area contributed by atoms with Gasteiger partial charge in [0.1, 0.15) is 5.69 Å². The van der Waals surface area contributed by atoms with E-state index in [1.165, 1.54) is 26.1 Å². The van der Waals surface area contributed by atoms with Gasteiger partial charge in [-0.05, 0) is 26.0 Å². The predicted molar refractivity (Wildman–Crippen MR) is 81.5 cm³/mol. The summed E-state index contributed by atoms with van der Waals surface area (Å²) in [6, 6.07) is 5.21. The zero-order chi connectivity index (χ0) is 16.7. The molecule has 1 amide bonds. The lowest BCUT2D eigenvalue weighted by molar-refractivity contribution is 0.247. The number of benzene rings is 1. The largest absolute Gasteiger partial charge is 0.350 e. The highest BCUT2D eigenvalue weighted by Gasteiger charge is 2.27. The molecule has 0 aliphatic heterocycles. The van der Waals surface area contributed by atoms with E-state index < -0.39 is 21.6 Å². The zero-order valence-corrected chi connectivity index (χ0v) is 13.1. The number of carbonyl (C=O) groups excluding carboxylic acids is 1. The number of sulfonamides is 1. The highest BCUT2D eigenvalue weighted by Crippen LogP contribution is 2.21. The number of primary amides is 1. The van der Waals surface area contributed by atoms with Crippen molar-refractivity contribution >= 4 is 21.7 Å². The van der Waals surface area contributed by atoms with Crippen LogP contribution in [0.15, 0.2) is 34.0 Å². The molecule has 118 valence electrons. The minimum absolute atomic E-state index is 0.0474. The minimum atomic E-state index is -3.92. The molecule has 9 heteroatoms. The van der Waals surface area contributed by atoms with Crippen LogP contribution in [0.25, 0.3) is 0 Å². The number of aromatic nitrogens is 2. The fourth-order valence-corrected chi connectivity index (χ4v) is 3.30. The summed E-state index contributed by atoms with van der Waals surface area (Å²) >= 11 is 0. The number of hydrogen-bond donors (Lipinski definition) is 2. The Labute approximate surface area is 127 Å². The summed E-state index contributed by atoms with van der Waals surface area (Å²) in [6.45, 7) is 3.32. The average molecular weight is 324 g/mol. The Bertz CT molecular complexity index is 878. The third-order valence-electron chi connectivity index (χ3n) is 3.26. The smallest absolute Gasteiger partial charge is 0.341 e. The van der Waals surface area contributed by atoms with Crippen molar-refractivity contribution in [2.45, 2.75) is 18.7 Å². The minimum Gasteiger partial charge on any atom is -0.350 e. The Hall–Kier alpha value is -2.55. The molecule has 2 rings (SSSR count). The molecule has 3 N–H and O–H groups in total. The van der Waals surface area contributed by atoms with Gasteiger partial charge in [-0.25, -0.2) is 13.2 Å². The molecule has 0 saturated carbocycles. The lowest BCUT2D eigenvalue weighted by Crippen LogP contribution is -2.35. The molecular formula is C13H16N4O4S. The number of aromatic amines is 1. The van der Waals surface area contributed by atoms with Crippen molar-refractivity contribution in [3.05, 3.63) is 45.9 Å². The van der Waals surface area contributed by atoms with E-state index in [1.807, 2.05) is 6.92 Å². The van der Waals surface area contributed by atoms with Crippen molar-refractivity contribution in [3.63, 3.8) is 0 Å². The fourth-order valence-electron chi connectivity index (χ4n) is 2.05. The number of anilines is 1. The first-order chi connectivity index (χ1) is 10.2. The van der Waals surface area contributed by atoms with Crippen molar-refractivity contribution < 1.29 is 13.2 Å². The molecule has 0 radical (unpaired) electrons. The van der Waals surface area contributed by atoms with Crippen molar-refractivity contribution in [2.75, 3.05) is 11.4 Å². The van der Waals surface area contributed by atoms with Crippen molar-refractivity contribution in [2.24, 2.45) is 5.73 Å². The summed E-state index contributed by atoms with van der Waals surface area (Å²) in [4.78, 5) is 23.3. The molecule has 1 aromatic carbocycles. The van der Waals surface area contributed by atoms with Crippen LogP contribution in [-0.2, 0) is 10.0 Å². The molecule has 8 nitrogen and oxygen atoms in total. The van der Waals surface area contributed by atoms with Gasteiger partial charge in [0.05, 0.1) is 10.6 Å². The lowest BCUT2D eigenvalue weighted by Gasteiger charge is -2.17. The van der Waals surface area contributed by atoms with E-state index in [1.54, 1.807) is 12.1 Å². The summed E-state index contributed by atoms with van der Waals surface area (Å²) < 4.78 is 26.6. The molecule has 2 aromatic rings. The Balaban J connectivity index is 2.56. The number of rotatable bonds is 3. The molecule has 0 aliphatic rings. The van der Waals surface area contributed by atoms with Gasteiger partial charge in [-0.3, -0.25) is 14.2 Å². The van der Waals surface area contributed by atoms with E-state index in [-0.39, 0.29) is 16.3 Å². The second-order valence-electron chi connectivity index (χ2n) is 4.85. The fraction of sp³-hybridized carbons (Fsp3) is 0.231. The summed E-state index contributed by atoms with van der Waals surface area (Å²) in [5.41, 5.74) is 5.23. The van der Waals surface area contributed by atoms with Crippen molar-refractivity contribution in [1.82, 2.24) is 9.78 Å². The number of amides is 1. The highest BCUT2D eigenvalue weighted by molar-refractivity contribution is 7.92. The van der Waals surface area contributed by atoms with E-state index >= 15 is 0 Å². The molecule has 0 bridgehead atoms. The van der Waals surface area contributed by atoms with Gasteiger partial charge in [-0.15, -0.1) is 0 Å². The highest BCUT2D eigenvalue weighted by atomic mass is 32.2. The number of aryl methyl sites for hydroxylation is 2. The molecule has 1 aromatic heterocycles. The number of nitrogens with zero attached hydrogens (tertiary/aromatic N) is 2. The maximum atomic E-state index is 12.6. The number of hydrogen-bond acceptors (Lipinski definition) is 4. The average Bonchev–Trinajstić information content (AvgIpc) is 2.74. The molecule has 1 heterocycles. The van der Waals surface area contributed by atoms with Crippen LogP contribution in [0.4, 0.5) is 10.5 Å². The van der Waals surface area contributed by atoms with Gasteiger partial charge < -0.3 is 5.73 Å². The van der Waals surface area contributed by atoms with Crippen LogP contribution < -0.4 is 15.6 Å². The van der Waals surface area contributed by atoms with Gasteiger partial charge in [0.15, 0.2) is 0 Å². The first-order valence-electron chi connectivity index (χ1n) is 6.33. The molecule has 0 aliphatic carbocycles. The quantitative estimate of drug-likeness (QED) is 0.856. The van der Waals surface area contributed by atoms with Gasteiger partial charge in [0, 0.05) is 7.05 Å². The van der Waals surface area contributed by atoms with Crippen LogP contribution in [0.2, 0.25) is 0 Å². The van der Waals surface area contributed by atoms with E-state index in [4.69, 9.17) is 5.73 Å². The third-order valence-corrected chi connectivity index (χ3v) is 5.03.